The van der Waals surface area contributed by atoms with Crippen LogP contribution in [0.25, 0.3) is 11.3 Å². The zero-order valence-electron chi connectivity index (χ0n) is 16.1. The van der Waals surface area contributed by atoms with Crippen LogP contribution in [0.15, 0.2) is 69.7 Å². The number of hydrogen-bond donors (Lipinski definition) is 1. The second kappa shape index (κ2) is 8.10. The van der Waals surface area contributed by atoms with Crippen LogP contribution in [0, 0.1) is 0 Å². The van der Waals surface area contributed by atoms with Crippen LogP contribution in [0.3, 0.4) is 0 Å². The van der Waals surface area contributed by atoms with Gasteiger partial charge in [0.2, 0.25) is 5.89 Å². The standard InChI is InChI=1S/C22H20N4O3/c1-14(2)22-24-20(26-29-22)12-15-8-10-17(11-9-15)23-21(27)18-13-19(28-25-18)16-6-4-3-5-7-16/h3-11,13-14H,12H2,1-2H3,(H,23,27). The lowest BCUT2D eigenvalue weighted by Crippen LogP contribution is -2.12. The Morgan fingerprint density at radius 1 is 1.00 bits per heavy atom. The van der Waals surface area contributed by atoms with Gasteiger partial charge in [-0.3, -0.25) is 4.79 Å². The summed E-state index contributed by atoms with van der Waals surface area (Å²) in [5.74, 6) is 1.69. The highest BCUT2D eigenvalue weighted by Crippen LogP contribution is 2.21. The van der Waals surface area contributed by atoms with E-state index in [1.54, 1.807) is 6.07 Å². The normalized spacial score (nSPS) is 11.0. The molecule has 0 fully saturated rings. The maximum absolute atomic E-state index is 12.4. The molecule has 0 bridgehead atoms. The molecule has 1 N–H and O–H groups in total. The fourth-order valence-corrected chi connectivity index (χ4v) is 2.78. The highest BCUT2D eigenvalue weighted by Gasteiger charge is 2.14. The molecule has 0 aliphatic rings. The Morgan fingerprint density at radius 3 is 2.45 bits per heavy atom. The molecule has 0 unspecified atom stereocenters. The predicted molar refractivity (Wildman–Crippen MR) is 108 cm³/mol. The molecule has 2 aromatic carbocycles. The van der Waals surface area contributed by atoms with Crippen LogP contribution in [0.2, 0.25) is 0 Å². The summed E-state index contributed by atoms with van der Waals surface area (Å²) in [6, 6.07) is 18.6. The maximum atomic E-state index is 12.4. The van der Waals surface area contributed by atoms with Crippen molar-refractivity contribution in [2.75, 3.05) is 5.32 Å². The Bertz CT molecular complexity index is 1100. The maximum Gasteiger partial charge on any atom is 0.277 e. The van der Waals surface area contributed by atoms with Gasteiger partial charge in [0.05, 0.1) is 0 Å². The molecule has 2 aromatic heterocycles. The van der Waals surface area contributed by atoms with Crippen LogP contribution in [0.5, 0.6) is 0 Å². The van der Waals surface area contributed by atoms with E-state index in [1.165, 1.54) is 0 Å². The Balaban J connectivity index is 1.39. The summed E-state index contributed by atoms with van der Waals surface area (Å²) in [4.78, 5) is 16.8. The molecule has 29 heavy (non-hydrogen) atoms. The van der Waals surface area contributed by atoms with Crippen molar-refractivity contribution >= 4 is 11.6 Å². The first-order chi connectivity index (χ1) is 14.1. The lowest BCUT2D eigenvalue weighted by atomic mass is 10.1. The minimum Gasteiger partial charge on any atom is -0.355 e. The number of amides is 1. The molecule has 1 amide bonds. The third-order valence-corrected chi connectivity index (χ3v) is 4.35. The molecular weight excluding hydrogens is 368 g/mol. The van der Waals surface area contributed by atoms with E-state index in [0.717, 1.165) is 11.1 Å². The number of nitrogens with zero attached hydrogens (tertiary/aromatic N) is 3. The van der Waals surface area contributed by atoms with E-state index in [1.807, 2.05) is 68.4 Å². The fraction of sp³-hybridized carbons (Fsp3) is 0.182. The second-order valence-electron chi connectivity index (χ2n) is 6.97. The van der Waals surface area contributed by atoms with Gasteiger partial charge < -0.3 is 14.4 Å². The van der Waals surface area contributed by atoms with Crippen LogP contribution in [-0.4, -0.2) is 21.2 Å². The van der Waals surface area contributed by atoms with Gasteiger partial charge in [-0.15, -0.1) is 0 Å². The van der Waals surface area contributed by atoms with Gasteiger partial charge >= 0.3 is 0 Å². The number of hydrogen-bond acceptors (Lipinski definition) is 6. The monoisotopic (exact) mass is 388 g/mol. The largest absolute Gasteiger partial charge is 0.355 e. The molecule has 0 radical (unpaired) electrons. The van der Waals surface area contributed by atoms with Crippen LogP contribution < -0.4 is 5.32 Å². The smallest absolute Gasteiger partial charge is 0.277 e. The number of aromatic nitrogens is 3. The number of carbonyl (C=O) groups excluding carboxylic acids is 1. The van der Waals surface area contributed by atoms with Gasteiger partial charge in [-0.2, -0.15) is 4.98 Å². The van der Waals surface area contributed by atoms with E-state index in [2.05, 4.69) is 20.6 Å². The number of rotatable bonds is 6. The number of anilines is 1. The summed E-state index contributed by atoms with van der Waals surface area (Å²) < 4.78 is 10.5. The van der Waals surface area contributed by atoms with E-state index < -0.39 is 0 Å². The predicted octanol–water partition coefficient (Wildman–Crippen LogP) is 4.69. The molecule has 146 valence electrons. The average molecular weight is 388 g/mol. The zero-order valence-corrected chi connectivity index (χ0v) is 16.1. The topological polar surface area (TPSA) is 94.1 Å². The molecule has 4 aromatic rings. The molecule has 0 spiro atoms. The summed E-state index contributed by atoms with van der Waals surface area (Å²) in [6.07, 6.45) is 0.564. The molecule has 0 saturated heterocycles. The van der Waals surface area contributed by atoms with Crippen molar-refractivity contribution in [3.8, 4) is 11.3 Å². The first-order valence-electron chi connectivity index (χ1n) is 9.33. The Kier molecular flexibility index (Phi) is 5.20. The molecule has 4 rings (SSSR count). The highest BCUT2D eigenvalue weighted by molar-refractivity contribution is 6.03. The molecule has 0 aliphatic heterocycles. The van der Waals surface area contributed by atoms with Crippen molar-refractivity contribution < 1.29 is 13.8 Å². The summed E-state index contributed by atoms with van der Waals surface area (Å²) in [5.41, 5.74) is 2.78. The minimum atomic E-state index is -0.330. The van der Waals surface area contributed by atoms with E-state index in [-0.39, 0.29) is 17.5 Å². The van der Waals surface area contributed by atoms with Crippen molar-refractivity contribution in [2.45, 2.75) is 26.2 Å². The number of carbonyl (C=O) groups is 1. The summed E-state index contributed by atoms with van der Waals surface area (Å²) in [7, 11) is 0. The van der Waals surface area contributed by atoms with E-state index in [4.69, 9.17) is 9.05 Å². The zero-order chi connectivity index (χ0) is 20.2. The van der Waals surface area contributed by atoms with Crippen molar-refractivity contribution in [3.05, 3.63) is 83.6 Å². The number of benzene rings is 2. The molecule has 0 aliphatic carbocycles. The van der Waals surface area contributed by atoms with Gasteiger partial charge in [-0.25, -0.2) is 0 Å². The van der Waals surface area contributed by atoms with Gasteiger partial charge in [-0.05, 0) is 17.7 Å². The minimum absolute atomic E-state index is 0.202. The first kappa shape index (κ1) is 18.6. The molecule has 0 saturated carbocycles. The van der Waals surface area contributed by atoms with Crippen LogP contribution in [0.1, 0.15) is 47.5 Å². The van der Waals surface area contributed by atoms with Crippen molar-refractivity contribution in [2.24, 2.45) is 0 Å². The SMILES string of the molecule is CC(C)c1nc(Cc2ccc(NC(=O)c3cc(-c4ccccc4)on3)cc2)no1. The fourth-order valence-electron chi connectivity index (χ4n) is 2.78. The Morgan fingerprint density at radius 2 is 1.76 bits per heavy atom. The lowest BCUT2D eigenvalue weighted by Gasteiger charge is -2.04. The Hall–Kier alpha value is -3.74. The van der Waals surface area contributed by atoms with Gasteiger partial charge in [0, 0.05) is 29.7 Å². The van der Waals surface area contributed by atoms with Gasteiger partial charge in [0.15, 0.2) is 17.3 Å². The molecule has 7 heteroatoms. The van der Waals surface area contributed by atoms with Crippen LogP contribution in [-0.2, 0) is 6.42 Å². The van der Waals surface area contributed by atoms with Crippen molar-refractivity contribution in [1.29, 1.82) is 0 Å². The number of nitrogens with one attached hydrogen (secondary N) is 1. The molecule has 0 atom stereocenters. The van der Waals surface area contributed by atoms with Crippen LogP contribution in [0.4, 0.5) is 5.69 Å². The third kappa shape index (κ3) is 4.40. The van der Waals surface area contributed by atoms with E-state index >= 15 is 0 Å². The average Bonchev–Trinajstić information content (AvgIpc) is 3.40. The van der Waals surface area contributed by atoms with E-state index in [9.17, 15) is 4.79 Å². The van der Waals surface area contributed by atoms with Crippen molar-refractivity contribution in [1.82, 2.24) is 15.3 Å². The quantitative estimate of drug-likeness (QED) is 0.515. The Labute approximate surface area is 167 Å². The highest BCUT2D eigenvalue weighted by atomic mass is 16.5. The molecule has 7 nitrogen and oxygen atoms in total. The lowest BCUT2D eigenvalue weighted by molar-refractivity contribution is 0.101. The van der Waals surface area contributed by atoms with Gasteiger partial charge in [-0.1, -0.05) is 66.6 Å². The first-order valence-corrected chi connectivity index (χ1v) is 9.33. The third-order valence-electron chi connectivity index (χ3n) is 4.35. The molecular formula is C22H20N4O3. The summed E-state index contributed by atoms with van der Waals surface area (Å²) in [6.45, 7) is 4.01. The second-order valence-corrected chi connectivity index (χ2v) is 6.97. The summed E-state index contributed by atoms with van der Waals surface area (Å²) >= 11 is 0. The molecule has 2 heterocycles. The van der Waals surface area contributed by atoms with Crippen molar-refractivity contribution in [3.63, 3.8) is 0 Å². The van der Waals surface area contributed by atoms with Gasteiger partial charge in [0.25, 0.3) is 5.91 Å². The van der Waals surface area contributed by atoms with E-state index in [0.29, 0.717) is 29.6 Å². The summed E-state index contributed by atoms with van der Waals surface area (Å²) in [5, 5.41) is 10.7. The van der Waals surface area contributed by atoms with Crippen LogP contribution >= 0.6 is 0 Å². The van der Waals surface area contributed by atoms with Gasteiger partial charge in [0.1, 0.15) is 0 Å².